The summed E-state index contributed by atoms with van der Waals surface area (Å²) in [6.07, 6.45) is 0.377. The molecule has 1 fully saturated rings. The largest absolute Gasteiger partial charge is 0.497 e. The molecule has 2 aromatic rings. The zero-order valence-corrected chi connectivity index (χ0v) is 14.0. The summed E-state index contributed by atoms with van der Waals surface area (Å²) in [5.41, 5.74) is 1.39. The van der Waals surface area contributed by atoms with Crippen molar-refractivity contribution in [3.05, 3.63) is 36.0 Å². The number of ether oxygens (including phenoxy) is 1. The first-order chi connectivity index (χ1) is 11.5. The molecule has 1 atom stereocenters. The Bertz CT molecular complexity index is 844. The molecule has 0 aliphatic carbocycles. The third-order valence-electron chi connectivity index (χ3n) is 3.96. The summed E-state index contributed by atoms with van der Waals surface area (Å²) < 4.78 is 33.3. The molecule has 1 amide bonds. The number of carbonyl (C=O) groups excluding carboxylic acids is 1. The molecule has 1 aliphatic heterocycles. The maximum atomic E-state index is 12.0. The van der Waals surface area contributed by atoms with Gasteiger partial charge in [-0.2, -0.15) is 0 Å². The van der Waals surface area contributed by atoms with Crippen molar-refractivity contribution >= 4 is 15.7 Å². The van der Waals surface area contributed by atoms with Gasteiger partial charge < -0.3 is 14.6 Å². The second-order valence-electron chi connectivity index (χ2n) is 5.73. The normalized spacial score (nSPS) is 19.1. The lowest BCUT2D eigenvalue weighted by Gasteiger charge is -2.07. The van der Waals surface area contributed by atoms with Crippen molar-refractivity contribution < 1.29 is 22.5 Å². The highest BCUT2D eigenvalue weighted by Gasteiger charge is 2.32. The molecule has 1 N–H and O–H groups in total. The zero-order chi connectivity index (χ0) is 17.2. The number of rotatable bonds is 5. The Labute approximate surface area is 139 Å². The molecular weight excluding hydrogens is 332 g/mol. The fourth-order valence-electron chi connectivity index (χ4n) is 2.63. The summed E-state index contributed by atoms with van der Waals surface area (Å²) >= 11 is 0. The molecule has 7 nitrogen and oxygen atoms in total. The fourth-order valence-corrected chi connectivity index (χ4v) is 4.37. The first kappa shape index (κ1) is 16.5. The van der Waals surface area contributed by atoms with E-state index in [1.165, 1.54) is 0 Å². The van der Waals surface area contributed by atoms with Crippen LogP contribution in [-0.2, 0) is 21.2 Å². The number of aromatic nitrogens is 1. The molecular formula is C16H18N2O5S. The van der Waals surface area contributed by atoms with Gasteiger partial charge in [0.15, 0.2) is 15.6 Å². The van der Waals surface area contributed by atoms with Gasteiger partial charge in [-0.1, -0.05) is 17.3 Å². The van der Waals surface area contributed by atoms with Gasteiger partial charge in [0, 0.05) is 11.6 Å². The molecule has 1 saturated heterocycles. The molecule has 3 rings (SSSR count). The number of nitrogens with zero attached hydrogens (tertiary/aromatic N) is 1. The first-order valence-electron chi connectivity index (χ1n) is 7.55. The van der Waals surface area contributed by atoms with Gasteiger partial charge in [0.2, 0.25) is 5.91 Å². The van der Waals surface area contributed by atoms with Crippen LogP contribution < -0.4 is 10.1 Å². The molecule has 1 aromatic carbocycles. The van der Waals surface area contributed by atoms with E-state index in [0.717, 1.165) is 5.56 Å². The van der Waals surface area contributed by atoms with Crippen molar-refractivity contribution in [2.24, 2.45) is 5.92 Å². The summed E-state index contributed by atoms with van der Waals surface area (Å²) in [5.74, 6) is 0.548. The quantitative estimate of drug-likeness (QED) is 0.875. The van der Waals surface area contributed by atoms with E-state index < -0.39 is 15.8 Å². The Balaban J connectivity index is 1.61. The van der Waals surface area contributed by atoms with E-state index in [1.54, 1.807) is 13.2 Å². The van der Waals surface area contributed by atoms with E-state index in [4.69, 9.17) is 9.26 Å². The second kappa shape index (κ2) is 6.64. The van der Waals surface area contributed by atoms with Gasteiger partial charge in [-0.3, -0.25) is 4.79 Å². The predicted octanol–water partition coefficient (Wildman–Crippen LogP) is 1.40. The van der Waals surface area contributed by atoms with E-state index >= 15 is 0 Å². The van der Waals surface area contributed by atoms with E-state index in [2.05, 4.69) is 10.5 Å². The number of hydrogen-bond donors (Lipinski definition) is 1. The van der Waals surface area contributed by atoms with Crippen LogP contribution in [0.5, 0.6) is 5.75 Å². The molecule has 128 valence electrons. The van der Waals surface area contributed by atoms with Crippen molar-refractivity contribution in [1.82, 2.24) is 10.5 Å². The summed E-state index contributed by atoms with van der Waals surface area (Å²) in [7, 11) is -1.48. The summed E-state index contributed by atoms with van der Waals surface area (Å²) in [6, 6.07) is 9.11. The molecule has 0 radical (unpaired) electrons. The topological polar surface area (TPSA) is 98.5 Å². The van der Waals surface area contributed by atoms with Crippen molar-refractivity contribution in [2.75, 3.05) is 18.6 Å². The Kier molecular flexibility index (Phi) is 4.57. The molecule has 24 heavy (non-hydrogen) atoms. The minimum Gasteiger partial charge on any atom is -0.497 e. The number of nitrogens with one attached hydrogen (secondary N) is 1. The second-order valence-corrected chi connectivity index (χ2v) is 7.96. The van der Waals surface area contributed by atoms with Crippen molar-refractivity contribution in [3.63, 3.8) is 0 Å². The SMILES string of the molecule is COc1cccc(-c2cc(CNC(=O)[C@H]3CCS(=O)(=O)C3)no2)c1. The molecule has 0 spiro atoms. The highest BCUT2D eigenvalue weighted by atomic mass is 32.2. The maximum Gasteiger partial charge on any atom is 0.224 e. The van der Waals surface area contributed by atoms with Gasteiger partial charge in [-0.25, -0.2) is 8.42 Å². The van der Waals surface area contributed by atoms with Crippen LogP contribution in [0.4, 0.5) is 0 Å². The Hall–Kier alpha value is -2.35. The monoisotopic (exact) mass is 350 g/mol. The minimum absolute atomic E-state index is 0.0767. The Morgan fingerprint density at radius 2 is 2.25 bits per heavy atom. The first-order valence-corrected chi connectivity index (χ1v) is 9.37. The summed E-state index contributed by atoms with van der Waals surface area (Å²) in [6.45, 7) is 0.197. The van der Waals surface area contributed by atoms with Crippen LogP contribution in [0.3, 0.4) is 0 Å². The number of benzene rings is 1. The predicted molar refractivity (Wildman–Crippen MR) is 87.1 cm³/mol. The summed E-state index contributed by atoms with van der Waals surface area (Å²) in [5, 5.41) is 6.64. The average Bonchev–Trinajstić information content (AvgIpc) is 3.19. The zero-order valence-electron chi connectivity index (χ0n) is 13.2. The van der Waals surface area contributed by atoms with Crippen LogP contribution in [0.2, 0.25) is 0 Å². The molecule has 0 unspecified atom stereocenters. The van der Waals surface area contributed by atoms with E-state index in [-0.39, 0.29) is 24.0 Å². The smallest absolute Gasteiger partial charge is 0.224 e. The van der Waals surface area contributed by atoms with Crippen LogP contribution >= 0.6 is 0 Å². The lowest BCUT2D eigenvalue weighted by Crippen LogP contribution is -2.31. The van der Waals surface area contributed by atoms with Gasteiger partial charge in [-0.05, 0) is 18.6 Å². The number of hydrogen-bond acceptors (Lipinski definition) is 6. The lowest BCUT2D eigenvalue weighted by molar-refractivity contribution is -0.124. The van der Waals surface area contributed by atoms with E-state index in [9.17, 15) is 13.2 Å². The van der Waals surface area contributed by atoms with Crippen molar-refractivity contribution in [1.29, 1.82) is 0 Å². The van der Waals surface area contributed by atoms with Crippen LogP contribution in [0.15, 0.2) is 34.9 Å². The van der Waals surface area contributed by atoms with Crippen molar-refractivity contribution in [3.8, 4) is 17.1 Å². The number of sulfone groups is 1. The van der Waals surface area contributed by atoms with E-state index in [1.807, 2.05) is 24.3 Å². The molecule has 2 heterocycles. The highest BCUT2D eigenvalue weighted by molar-refractivity contribution is 7.91. The third kappa shape index (κ3) is 3.76. The molecule has 1 aliphatic rings. The number of methoxy groups -OCH3 is 1. The van der Waals surface area contributed by atoms with Crippen LogP contribution in [0, 0.1) is 5.92 Å². The van der Waals surface area contributed by atoms with Gasteiger partial charge in [0.1, 0.15) is 11.4 Å². The van der Waals surface area contributed by atoms with Gasteiger partial charge in [-0.15, -0.1) is 0 Å². The highest BCUT2D eigenvalue weighted by Crippen LogP contribution is 2.24. The minimum atomic E-state index is -3.07. The number of carbonyl (C=O) groups is 1. The van der Waals surface area contributed by atoms with Crippen LogP contribution in [0.25, 0.3) is 11.3 Å². The maximum absolute atomic E-state index is 12.0. The average molecular weight is 350 g/mol. The van der Waals surface area contributed by atoms with Gasteiger partial charge in [0.25, 0.3) is 0 Å². The van der Waals surface area contributed by atoms with E-state index in [0.29, 0.717) is 23.6 Å². The molecule has 8 heteroatoms. The summed E-state index contributed by atoms with van der Waals surface area (Å²) in [4.78, 5) is 12.0. The number of amides is 1. The Morgan fingerprint density at radius 1 is 1.42 bits per heavy atom. The Morgan fingerprint density at radius 3 is 2.96 bits per heavy atom. The van der Waals surface area contributed by atoms with Crippen LogP contribution in [0.1, 0.15) is 12.1 Å². The van der Waals surface area contributed by atoms with Crippen LogP contribution in [-0.4, -0.2) is 38.1 Å². The standard InChI is InChI=1S/C16H18N2O5S/c1-22-14-4-2-3-11(7-14)15-8-13(18-23-15)9-17-16(19)12-5-6-24(20,21)10-12/h2-4,7-8,12H,5-6,9-10H2,1H3,(H,17,19)/t12-/m0/s1. The third-order valence-corrected chi connectivity index (χ3v) is 5.73. The van der Waals surface area contributed by atoms with Gasteiger partial charge in [0.05, 0.1) is 31.1 Å². The molecule has 0 bridgehead atoms. The lowest BCUT2D eigenvalue weighted by atomic mass is 10.1. The van der Waals surface area contributed by atoms with Gasteiger partial charge >= 0.3 is 0 Å². The molecule has 1 aromatic heterocycles. The molecule has 0 saturated carbocycles. The fraction of sp³-hybridized carbons (Fsp3) is 0.375. The van der Waals surface area contributed by atoms with Crippen molar-refractivity contribution in [2.45, 2.75) is 13.0 Å².